The van der Waals surface area contributed by atoms with E-state index in [1.54, 1.807) is 35.9 Å². The molecule has 4 aromatic rings. The van der Waals surface area contributed by atoms with E-state index in [1.807, 2.05) is 25.1 Å². The number of halogens is 2. The summed E-state index contributed by atoms with van der Waals surface area (Å²) >= 11 is 6.02. The highest BCUT2D eigenvalue weighted by Crippen LogP contribution is 2.32. The van der Waals surface area contributed by atoms with Crippen molar-refractivity contribution in [3.63, 3.8) is 0 Å². The smallest absolute Gasteiger partial charge is 0.262 e. The van der Waals surface area contributed by atoms with Crippen LogP contribution in [0.2, 0.25) is 5.02 Å². The number of ether oxygens (including phenoxy) is 1. The summed E-state index contributed by atoms with van der Waals surface area (Å²) in [6.07, 6.45) is 2.92. The van der Waals surface area contributed by atoms with E-state index in [0.717, 1.165) is 57.9 Å². The van der Waals surface area contributed by atoms with Crippen LogP contribution in [0.4, 0.5) is 0 Å². The van der Waals surface area contributed by atoms with Gasteiger partial charge in [-0.25, -0.2) is 0 Å². The summed E-state index contributed by atoms with van der Waals surface area (Å²) in [5.41, 5.74) is 3.17. The molecule has 1 aliphatic rings. The van der Waals surface area contributed by atoms with Gasteiger partial charge in [0.2, 0.25) is 11.7 Å². The van der Waals surface area contributed by atoms with Crippen molar-refractivity contribution in [1.82, 2.24) is 14.7 Å². The number of hydrogen-bond acceptors (Lipinski definition) is 5. The molecule has 1 fully saturated rings. The number of carbonyl (C=O) groups excluding carboxylic acids is 1. The van der Waals surface area contributed by atoms with Crippen molar-refractivity contribution in [2.45, 2.75) is 32.7 Å². The van der Waals surface area contributed by atoms with E-state index in [4.69, 9.17) is 25.8 Å². The summed E-state index contributed by atoms with van der Waals surface area (Å²) in [7, 11) is 3.88. The molecule has 0 N–H and O–H groups in total. The SMILES string of the molecule is COc1ccc2c(c1)c(Cc1nc(C[N+]3(C)CCCC3)no1)c(C)n2C(=O)c1ccc(Cl)cc1.[I-]. The van der Waals surface area contributed by atoms with E-state index in [-0.39, 0.29) is 29.9 Å². The third-order valence-corrected chi connectivity index (χ3v) is 7.10. The van der Waals surface area contributed by atoms with Gasteiger partial charge < -0.3 is 37.7 Å². The number of nitrogens with zero attached hydrogens (tertiary/aromatic N) is 4. The van der Waals surface area contributed by atoms with Crippen LogP contribution >= 0.6 is 11.6 Å². The molecule has 2 aromatic carbocycles. The number of rotatable bonds is 6. The van der Waals surface area contributed by atoms with Crippen LogP contribution in [0.3, 0.4) is 0 Å². The Morgan fingerprint density at radius 2 is 1.89 bits per heavy atom. The van der Waals surface area contributed by atoms with E-state index in [2.05, 4.69) is 12.2 Å². The fourth-order valence-electron chi connectivity index (χ4n) is 4.97. The average molecular weight is 607 g/mol. The van der Waals surface area contributed by atoms with E-state index in [9.17, 15) is 4.79 Å². The predicted octanol–water partition coefficient (Wildman–Crippen LogP) is 2.02. The second-order valence-corrected chi connectivity index (χ2v) is 9.74. The molecule has 0 atom stereocenters. The third-order valence-electron chi connectivity index (χ3n) is 6.84. The van der Waals surface area contributed by atoms with Crippen LogP contribution in [0, 0.1) is 6.92 Å². The van der Waals surface area contributed by atoms with E-state index in [1.165, 1.54) is 12.8 Å². The molecule has 5 rings (SSSR count). The second kappa shape index (κ2) is 10.3. The first-order valence-electron chi connectivity index (χ1n) is 11.5. The highest BCUT2D eigenvalue weighted by atomic mass is 127. The Kier molecular flexibility index (Phi) is 7.54. The monoisotopic (exact) mass is 606 g/mol. The first-order chi connectivity index (χ1) is 16.4. The number of quaternary nitrogens is 1. The number of fused-ring (bicyclic) bond motifs is 1. The van der Waals surface area contributed by atoms with Gasteiger partial charge in [0.05, 0.1) is 39.2 Å². The Morgan fingerprint density at radius 1 is 1.17 bits per heavy atom. The maximum absolute atomic E-state index is 13.5. The fraction of sp³-hybridized carbons (Fsp3) is 0.346. The van der Waals surface area contributed by atoms with Gasteiger partial charge in [0.15, 0.2) is 0 Å². The molecule has 7 nitrogen and oxygen atoms in total. The Balaban J connectivity index is 0.00000289. The fourth-order valence-corrected chi connectivity index (χ4v) is 5.10. The zero-order valence-electron chi connectivity index (χ0n) is 20.1. The second-order valence-electron chi connectivity index (χ2n) is 9.31. The summed E-state index contributed by atoms with van der Waals surface area (Å²) < 4.78 is 13.8. The molecule has 184 valence electrons. The van der Waals surface area contributed by atoms with Crippen molar-refractivity contribution in [2.24, 2.45) is 0 Å². The molecular formula is C26H28ClIN4O3. The molecule has 2 aromatic heterocycles. The lowest BCUT2D eigenvalue weighted by atomic mass is 10.1. The van der Waals surface area contributed by atoms with Gasteiger partial charge in [-0.05, 0) is 55.0 Å². The summed E-state index contributed by atoms with van der Waals surface area (Å²) in [6, 6.07) is 12.7. The minimum atomic E-state index is -0.117. The van der Waals surface area contributed by atoms with Crippen LogP contribution in [-0.2, 0) is 13.0 Å². The van der Waals surface area contributed by atoms with Crippen LogP contribution in [0.25, 0.3) is 10.9 Å². The van der Waals surface area contributed by atoms with Gasteiger partial charge in [-0.3, -0.25) is 9.36 Å². The van der Waals surface area contributed by atoms with Crippen LogP contribution in [-0.4, -0.2) is 52.3 Å². The minimum absolute atomic E-state index is 0. The minimum Gasteiger partial charge on any atom is -1.00 e. The Hall–Kier alpha value is -2.43. The van der Waals surface area contributed by atoms with Crippen molar-refractivity contribution in [1.29, 1.82) is 0 Å². The van der Waals surface area contributed by atoms with Crippen LogP contribution in [0.15, 0.2) is 47.0 Å². The van der Waals surface area contributed by atoms with Crippen molar-refractivity contribution in [3.05, 3.63) is 76.0 Å². The molecule has 35 heavy (non-hydrogen) atoms. The zero-order valence-corrected chi connectivity index (χ0v) is 23.0. The van der Waals surface area contributed by atoms with Gasteiger partial charge in [-0.1, -0.05) is 16.8 Å². The van der Waals surface area contributed by atoms with Crippen molar-refractivity contribution in [2.75, 3.05) is 27.2 Å². The molecule has 1 saturated heterocycles. The lowest BCUT2D eigenvalue weighted by Gasteiger charge is -2.27. The van der Waals surface area contributed by atoms with Gasteiger partial charge >= 0.3 is 0 Å². The van der Waals surface area contributed by atoms with E-state index >= 15 is 0 Å². The first kappa shape index (κ1) is 25.7. The quantitative estimate of drug-likeness (QED) is 0.248. The molecule has 0 unspecified atom stereocenters. The molecular weight excluding hydrogens is 579 g/mol. The van der Waals surface area contributed by atoms with Crippen LogP contribution in [0.5, 0.6) is 5.75 Å². The average Bonchev–Trinajstić information content (AvgIpc) is 3.52. The Bertz CT molecular complexity index is 1360. The number of aromatic nitrogens is 3. The summed E-state index contributed by atoms with van der Waals surface area (Å²) in [5, 5.41) is 5.77. The number of hydrogen-bond donors (Lipinski definition) is 0. The van der Waals surface area contributed by atoms with Gasteiger partial charge in [0.25, 0.3) is 5.91 Å². The van der Waals surface area contributed by atoms with E-state index < -0.39 is 0 Å². The topological polar surface area (TPSA) is 70.2 Å². The zero-order chi connectivity index (χ0) is 23.9. The Morgan fingerprint density at radius 3 is 2.57 bits per heavy atom. The van der Waals surface area contributed by atoms with Gasteiger partial charge in [-0.15, -0.1) is 0 Å². The highest BCUT2D eigenvalue weighted by Gasteiger charge is 2.29. The molecule has 9 heteroatoms. The standard InChI is InChI=1S/C26H28ClN4O3.HI/c1-17-21(15-25-28-24(29-34-25)16-31(2)12-4-5-13-31)22-14-20(33-3)10-11-23(22)30(17)26(32)18-6-8-19(27)9-7-18;/h6-11,14H,4-5,12-13,15-16H2,1-3H3;1H/q+1;/p-1. The van der Waals surface area contributed by atoms with Crippen molar-refractivity contribution in [3.8, 4) is 5.75 Å². The number of benzene rings is 2. The first-order valence-corrected chi connectivity index (χ1v) is 11.9. The number of methoxy groups -OCH3 is 1. The Labute approximate surface area is 226 Å². The molecule has 0 saturated carbocycles. The van der Waals surface area contributed by atoms with Crippen molar-refractivity contribution >= 4 is 28.4 Å². The maximum Gasteiger partial charge on any atom is 0.262 e. The molecule has 3 heterocycles. The van der Waals surface area contributed by atoms with Gasteiger partial charge in [0.1, 0.15) is 12.3 Å². The summed E-state index contributed by atoms with van der Waals surface area (Å²) in [4.78, 5) is 18.2. The van der Waals surface area contributed by atoms with Gasteiger partial charge in [-0.2, -0.15) is 4.98 Å². The molecule has 0 spiro atoms. The summed E-state index contributed by atoms with van der Waals surface area (Å²) in [6.45, 7) is 5.00. The summed E-state index contributed by atoms with van der Waals surface area (Å²) in [5.74, 6) is 1.89. The molecule has 0 bridgehead atoms. The molecule has 1 aliphatic heterocycles. The van der Waals surface area contributed by atoms with Crippen molar-refractivity contribution < 1.29 is 42.5 Å². The normalized spacial score (nSPS) is 14.7. The largest absolute Gasteiger partial charge is 1.00 e. The van der Waals surface area contributed by atoms with Crippen LogP contribution < -0.4 is 28.7 Å². The third kappa shape index (κ3) is 5.10. The lowest BCUT2D eigenvalue weighted by molar-refractivity contribution is -0.911. The lowest BCUT2D eigenvalue weighted by Crippen LogP contribution is -3.00. The van der Waals surface area contributed by atoms with E-state index in [0.29, 0.717) is 22.9 Å². The van der Waals surface area contributed by atoms with Gasteiger partial charge in [0, 0.05) is 34.5 Å². The number of likely N-dealkylation sites (tertiary alicyclic amines) is 1. The van der Waals surface area contributed by atoms with Crippen LogP contribution in [0.1, 0.15) is 46.2 Å². The predicted molar refractivity (Wildman–Crippen MR) is 130 cm³/mol. The number of carbonyl (C=O) groups is 1. The molecule has 0 amide bonds. The molecule has 0 aliphatic carbocycles. The highest BCUT2D eigenvalue weighted by molar-refractivity contribution is 6.30. The maximum atomic E-state index is 13.5. The molecule has 0 radical (unpaired) electrons.